The third kappa shape index (κ3) is 4.14. The van der Waals surface area contributed by atoms with Crippen LogP contribution < -0.4 is 4.74 Å². The Morgan fingerprint density at radius 1 is 0.892 bits per heavy atom. The van der Waals surface area contributed by atoms with E-state index in [0.717, 1.165) is 39.2 Å². The second-order valence-electron chi connectivity index (χ2n) is 8.94. The lowest BCUT2D eigenvalue weighted by molar-refractivity contribution is -0.384. The molecule has 0 saturated carbocycles. The number of nitro groups is 1. The van der Waals surface area contributed by atoms with Crippen molar-refractivity contribution in [3.05, 3.63) is 89.0 Å². The molecule has 0 bridgehead atoms. The number of unbranched alkanes of at least 4 members (excludes halogenated alkanes) is 2. The van der Waals surface area contributed by atoms with E-state index in [1.165, 1.54) is 39.1 Å². The molecule has 0 saturated heterocycles. The summed E-state index contributed by atoms with van der Waals surface area (Å²) in [5, 5.41) is 19.3. The number of non-ortho nitro benzene ring substituents is 1. The van der Waals surface area contributed by atoms with Crippen LogP contribution in [0.5, 0.6) is 5.88 Å². The van der Waals surface area contributed by atoms with Gasteiger partial charge in [-0.1, -0.05) is 54.6 Å². The van der Waals surface area contributed by atoms with E-state index in [1.807, 2.05) is 0 Å². The molecular formula is C31H22N2O3S. The number of rotatable bonds is 8. The fraction of sp³-hybridized carbons (Fsp3) is 0.129. The van der Waals surface area contributed by atoms with Crippen molar-refractivity contribution in [1.82, 2.24) is 4.98 Å². The highest BCUT2D eigenvalue weighted by Gasteiger charge is 2.20. The second-order valence-corrected chi connectivity index (χ2v) is 9.94. The first-order valence-electron chi connectivity index (χ1n) is 12.1. The van der Waals surface area contributed by atoms with Gasteiger partial charge in [0.1, 0.15) is 5.01 Å². The molecule has 6 aromatic rings. The molecule has 0 aliphatic heterocycles. The van der Waals surface area contributed by atoms with Crippen molar-refractivity contribution < 1.29 is 9.66 Å². The smallest absolute Gasteiger partial charge is 0.269 e. The van der Waals surface area contributed by atoms with Crippen LogP contribution in [0, 0.1) is 22.5 Å². The van der Waals surface area contributed by atoms with Gasteiger partial charge in [0.2, 0.25) is 5.88 Å². The maximum absolute atomic E-state index is 11.2. The molecule has 0 spiro atoms. The van der Waals surface area contributed by atoms with Gasteiger partial charge in [0.15, 0.2) is 0 Å². The van der Waals surface area contributed by atoms with Crippen LogP contribution in [0.1, 0.15) is 19.3 Å². The Hall–Kier alpha value is -4.47. The first kappa shape index (κ1) is 23.0. The summed E-state index contributed by atoms with van der Waals surface area (Å²) in [7, 11) is 0. The molecule has 6 rings (SSSR count). The van der Waals surface area contributed by atoms with Crippen LogP contribution in [0.25, 0.3) is 53.3 Å². The molecule has 0 amide bonds. The van der Waals surface area contributed by atoms with Crippen LogP contribution in [0.4, 0.5) is 5.69 Å². The Morgan fingerprint density at radius 2 is 1.59 bits per heavy atom. The molecule has 1 aromatic heterocycles. The fourth-order valence-electron chi connectivity index (χ4n) is 4.86. The van der Waals surface area contributed by atoms with Crippen LogP contribution in [-0.2, 0) is 0 Å². The summed E-state index contributed by atoms with van der Waals surface area (Å²) in [6.07, 6.45) is 7.80. The van der Waals surface area contributed by atoms with Gasteiger partial charge in [0.05, 0.1) is 16.4 Å². The van der Waals surface area contributed by atoms with Crippen molar-refractivity contribution in [1.29, 1.82) is 0 Å². The number of hydrogen-bond acceptors (Lipinski definition) is 5. The summed E-state index contributed by atoms with van der Waals surface area (Å²) in [6.45, 7) is 0.503. The fourth-order valence-corrected chi connectivity index (χ4v) is 5.91. The molecule has 0 aliphatic rings. The largest absolute Gasteiger partial charge is 0.477 e. The molecule has 0 fully saturated rings. The van der Waals surface area contributed by atoms with Crippen LogP contribution in [0.3, 0.4) is 0 Å². The van der Waals surface area contributed by atoms with Crippen LogP contribution >= 0.6 is 11.3 Å². The molecule has 5 nitrogen and oxygen atoms in total. The van der Waals surface area contributed by atoms with Gasteiger partial charge in [-0.3, -0.25) is 10.1 Å². The highest BCUT2D eigenvalue weighted by atomic mass is 32.1. The average Bonchev–Trinajstić information content (AvgIpc) is 3.35. The van der Waals surface area contributed by atoms with Crippen molar-refractivity contribution in [2.75, 3.05) is 6.61 Å². The predicted octanol–water partition coefficient (Wildman–Crippen LogP) is 8.47. The molecule has 0 N–H and O–H groups in total. The summed E-state index contributed by atoms with van der Waals surface area (Å²) < 4.78 is 6.14. The van der Waals surface area contributed by atoms with E-state index in [9.17, 15) is 10.1 Å². The van der Waals surface area contributed by atoms with Gasteiger partial charge < -0.3 is 4.74 Å². The SMILES string of the molecule is C#CCCCCOc1nc(-c2ccc3ccc4cccc5ccc2c3c45)sc1-c1ccc([N+](=O)[O-])cc1. The summed E-state index contributed by atoms with van der Waals surface area (Å²) in [4.78, 5) is 16.6. The number of benzene rings is 5. The maximum Gasteiger partial charge on any atom is 0.269 e. The molecule has 37 heavy (non-hydrogen) atoms. The molecule has 1 heterocycles. The summed E-state index contributed by atoms with van der Waals surface area (Å²) in [6, 6.07) is 25.9. The number of nitrogens with zero attached hydrogens (tertiary/aromatic N) is 2. The lowest BCUT2D eigenvalue weighted by Crippen LogP contribution is -1.98. The number of ether oxygens (including phenoxy) is 1. The summed E-state index contributed by atoms with van der Waals surface area (Å²) in [5.41, 5.74) is 1.93. The van der Waals surface area contributed by atoms with Crippen LogP contribution in [0.2, 0.25) is 0 Å². The molecular weight excluding hydrogens is 480 g/mol. The monoisotopic (exact) mass is 502 g/mol. The minimum Gasteiger partial charge on any atom is -0.477 e. The van der Waals surface area contributed by atoms with E-state index in [1.54, 1.807) is 23.5 Å². The molecule has 0 atom stereocenters. The third-order valence-corrected chi connectivity index (χ3v) is 7.77. The van der Waals surface area contributed by atoms with E-state index in [4.69, 9.17) is 16.1 Å². The number of hydrogen-bond donors (Lipinski definition) is 0. The van der Waals surface area contributed by atoms with Gasteiger partial charge in [-0.05, 0) is 62.9 Å². The van der Waals surface area contributed by atoms with Gasteiger partial charge >= 0.3 is 0 Å². The standard InChI is InChI=1S/C31H22N2O3S/c1-2-3-4-5-19-36-30-29(23-11-15-24(16-12-23)33(34)35)37-31(32-30)26-18-14-22-10-9-20-7-6-8-21-13-17-25(26)28(22)27(20)21/h1,6-18H,3-5,19H2. The third-order valence-electron chi connectivity index (χ3n) is 6.65. The quantitative estimate of drug-likeness (QED) is 0.0688. The highest BCUT2D eigenvalue weighted by molar-refractivity contribution is 7.18. The Balaban J connectivity index is 1.47. The van der Waals surface area contributed by atoms with E-state index in [0.29, 0.717) is 18.9 Å². The van der Waals surface area contributed by atoms with E-state index in [-0.39, 0.29) is 5.69 Å². The van der Waals surface area contributed by atoms with Gasteiger partial charge in [-0.25, -0.2) is 4.98 Å². The van der Waals surface area contributed by atoms with Crippen LogP contribution in [-0.4, -0.2) is 16.5 Å². The Bertz CT molecular complexity index is 1780. The van der Waals surface area contributed by atoms with Crippen molar-refractivity contribution in [3.63, 3.8) is 0 Å². The number of terminal acetylenes is 1. The second kappa shape index (κ2) is 9.53. The summed E-state index contributed by atoms with van der Waals surface area (Å²) in [5.74, 6) is 3.20. The normalized spacial score (nSPS) is 11.3. The van der Waals surface area contributed by atoms with Gasteiger partial charge in [-0.2, -0.15) is 0 Å². The van der Waals surface area contributed by atoms with Crippen LogP contribution in [0.15, 0.2) is 78.9 Å². The summed E-state index contributed by atoms with van der Waals surface area (Å²) >= 11 is 1.54. The van der Waals surface area contributed by atoms with Crippen molar-refractivity contribution in [3.8, 4) is 39.2 Å². The van der Waals surface area contributed by atoms with E-state index >= 15 is 0 Å². The zero-order valence-electron chi connectivity index (χ0n) is 19.9. The average molecular weight is 503 g/mol. The Labute approximate surface area is 217 Å². The molecule has 180 valence electrons. The van der Waals surface area contributed by atoms with Crippen molar-refractivity contribution >= 4 is 49.3 Å². The molecule has 0 aliphatic carbocycles. The molecule has 0 unspecified atom stereocenters. The lowest BCUT2D eigenvalue weighted by atomic mass is 9.92. The highest BCUT2D eigenvalue weighted by Crippen LogP contribution is 2.44. The van der Waals surface area contributed by atoms with Crippen molar-refractivity contribution in [2.24, 2.45) is 0 Å². The zero-order valence-corrected chi connectivity index (χ0v) is 20.8. The molecule has 5 aromatic carbocycles. The maximum atomic E-state index is 11.2. The lowest BCUT2D eigenvalue weighted by Gasteiger charge is -2.12. The topological polar surface area (TPSA) is 65.3 Å². The molecule has 6 heteroatoms. The zero-order chi connectivity index (χ0) is 25.4. The van der Waals surface area contributed by atoms with E-state index in [2.05, 4.69) is 60.5 Å². The minimum atomic E-state index is -0.393. The number of aromatic nitrogens is 1. The number of nitro benzene ring substituents is 1. The van der Waals surface area contributed by atoms with Crippen molar-refractivity contribution in [2.45, 2.75) is 19.3 Å². The number of thiazole rings is 1. The Morgan fingerprint density at radius 3 is 2.32 bits per heavy atom. The molecule has 0 radical (unpaired) electrons. The Kier molecular flexibility index (Phi) is 5.91. The first-order chi connectivity index (χ1) is 18.1. The minimum absolute atomic E-state index is 0.0528. The van der Waals surface area contributed by atoms with E-state index < -0.39 is 4.92 Å². The van der Waals surface area contributed by atoms with Gasteiger partial charge in [-0.15, -0.1) is 23.7 Å². The van der Waals surface area contributed by atoms with Gasteiger partial charge in [0.25, 0.3) is 5.69 Å². The predicted molar refractivity (Wildman–Crippen MR) is 152 cm³/mol. The first-order valence-corrected chi connectivity index (χ1v) is 12.9. The van der Waals surface area contributed by atoms with Gasteiger partial charge in [0, 0.05) is 24.1 Å².